The van der Waals surface area contributed by atoms with Crippen molar-refractivity contribution in [2.45, 2.75) is 38.9 Å². The van der Waals surface area contributed by atoms with Gasteiger partial charge >= 0.3 is 0 Å². The molecule has 0 N–H and O–H groups in total. The Bertz CT molecular complexity index is 333. The zero-order valence-electron chi connectivity index (χ0n) is 11.2. The molecule has 0 bridgehead atoms. The molecule has 0 unspecified atom stereocenters. The Balaban J connectivity index is 2.55. The Morgan fingerprint density at radius 2 is 1.76 bits per heavy atom. The molecule has 3 heteroatoms. The lowest BCUT2D eigenvalue weighted by atomic mass is 10.2. The van der Waals surface area contributed by atoms with E-state index in [1.807, 2.05) is 13.8 Å². The first kappa shape index (κ1) is 14.6. The summed E-state index contributed by atoms with van der Waals surface area (Å²) in [6, 6.07) is 6.52. The van der Waals surface area contributed by atoms with Crippen LogP contribution >= 0.6 is 11.8 Å². The molecule has 17 heavy (non-hydrogen) atoms. The van der Waals surface area contributed by atoms with Crippen LogP contribution in [0, 0.1) is 13.8 Å². The van der Waals surface area contributed by atoms with Crippen LogP contribution in [0.25, 0.3) is 0 Å². The van der Waals surface area contributed by atoms with Crippen LogP contribution in [0.4, 0.5) is 0 Å². The summed E-state index contributed by atoms with van der Waals surface area (Å²) in [4.78, 5) is 1.31. The fourth-order valence-electron chi connectivity index (χ4n) is 1.54. The predicted octanol–water partition coefficient (Wildman–Crippen LogP) is 3.79. The minimum Gasteiger partial charge on any atom is -0.352 e. The van der Waals surface area contributed by atoms with Crippen molar-refractivity contribution in [1.29, 1.82) is 0 Å². The van der Waals surface area contributed by atoms with E-state index in [1.165, 1.54) is 16.0 Å². The van der Waals surface area contributed by atoms with Gasteiger partial charge in [0.15, 0.2) is 6.29 Å². The van der Waals surface area contributed by atoms with E-state index in [0.29, 0.717) is 13.2 Å². The molecule has 0 radical (unpaired) electrons. The van der Waals surface area contributed by atoms with Gasteiger partial charge in [-0.15, -0.1) is 11.8 Å². The number of aryl methyl sites for hydroxylation is 2. The minimum absolute atomic E-state index is 0.102. The molecule has 0 atom stereocenters. The van der Waals surface area contributed by atoms with Gasteiger partial charge < -0.3 is 9.47 Å². The van der Waals surface area contributed by atoms with E-state index in [1.54, 1.807) is 11.8 Å². The quantitative estimate of drug-likeness (QED) is 0.545. The fraction of sp³-hybridized carbons (Fsp3) is 0.571. The van der Waals surface area contributed by atoms with Gasteiger partial charge in [-0.05, 0) is 39.3 Å². The molecule has 0 aliphatic carbocycles. The van der Waals surface area contributed by atoms with Gasteiger partial charge in [-0.1, -0.05) is 17.7 Å². The second-order valence-electron chi connectivity index (χ2n) is 3.92. The summed E-state index contributed by atoms with van der Waals surface area (Å²) in [5.74, 6) is 0.839. The van der Waals surface area contributed by atoms with Gasteiger partial charge in [0.1, 0.15) is 0 Å². The molecule has 1 aromatic rings. The van der Waals surface area contributed by atoms with Crippen molar-refractivity contribution in [1.82, 2.24) is 0 Å². The lowest BCUT2D eigenvalue weighted by molar-refractivity contribution is -0.120. The van der Waals surface area contributed by atoms with Gasteiger partial charge in [-0.2, -0.15) is 0 Å². The number of thioether (sulfide) groups is 1. The number of benzene rings is 1. The van der Waals surface area contributed by atoms with E-state index in [0.717, 1.165) is 5.75 Å². The van der Waals surface area contributed by atoms with Crippen LogP contribution in [0.1, 0.15) is 25.0 Å². The highest BCUT2D eigenvalue weighted by molar-refractivity contribution is 7.99. The Morgan fingerprint density at radius 3 is 2.35 bits per heavy atom. The monoisotopic (exact) mass is 254 g/mol. The summed E-state index contributed by atoms with van der Waals surface area (Å²) in [7, 11) is 0. The number of hydrogen-bond donors (Lipinski definition) is 0. The van der Waals surface area contributed by atoms with Crippen LogP contribution in [0.2, 0.25) is 0 Å². The Morgan fingerprint density at radius 1 is 1.12 bits per heavy atom. The SMILES string of the molecule is CCOC(CSc1cc(C)ccc1C)OCC. The van der Waals surface area contributed by atoms with Gasteiger partial charge in [-0.25, -0.2) is 0 Å². The normalized spacial score (nSPS) is 11.1. The molecule has 0 spiro atoms. The first-order valence-corrected chi connectivity index (χ1v) is 7.09. The van der Waals surface area contributed by atoms with E-state index < -0.39 is 0 Å². The van der Waals surface area contributed by atoms with Gasteiger partial charge in [-0.3, -0.25) is 0 Å². The van der Waals surface area contributed by atoms with Crippen molar-refractivity contribution in [3.63, 3.8) is 0 Å². The van der Waals surface area contributed by atoms with Crippen molar-refractivity contribution in [2.24, 2.45) is 0 Å². The molecule has 96 valence electrons. The minimum atomic E-state index is -0.102. The van der Waals surface area contributed by atoms with Crippen LogP contribution < -0.4 is 0 Å². The van der Waals surface area contributed by atoms with Crippen LogP contribution in [0.15, 0.2) is 23.1 Å². The highest BCUT2D eigenvalue weighted by atomic mass is 32.2. The maximum absolute atomic E-state index is 5.53. The maximum atomic E-state index is 5.53. The van der Waals surface area contributed by atoms with Crippen LogP contribution in [0.3, 0.4) is 0 Å². The average Bonchev–Trinajstić information content (AvgIpc) is 2.30. The number of hydrogen-bond acceptors (Lipinski definition) is 3. The third-order valence-electron chi connectivity index (χ3n) is 2.42. The van der Waals surface area contributed by atoms with Crippen molar-refractivity contribution in [3.8, 4) is 0 Å². The van der Waals surface area contributed by atoms with Crippen LogP contribution in [-0.4, -0.2) is 25.3 Å². The van der Waals surface area contributed by atoms with E-state index in [4.69, 9.17) is 9.47 Å². The van der Waals surface area contributed by atoms with Gasteiger partial charge in [0.05, 0.1) is 0 Å². The average molecular weight is 254 g/mol. The van der Waals surface area contributed by atoms with Crippen molar-refractivity contribution < 1.29 is 9.47 Å². The zero-order chi connectivity index (χ0) is 12.7. The fourth-order valence-corrected chi connectivity index (χ4v) is 2.61. The molecular formula is C14H22O2S. The summed E-state index contributed by atoms with van der Waals surface area (Å²) in [6.45, 7) is 9.63. The largest absolute Gasteiger partial charge is 0.352 e. The summed E-state index contributed by atoms with van der Waals surface area (Å²) in [5, 5.41) is 0. The molecular weight excluding hydrogens is 232 g/mol. The van der Waals surface area contributed by atoms with Crippen LogP contribution in [0.5, 0.6) is 0 Å². The van der Waals surface area contributed by atoms with E-state index in [-0.39, 0.29) is 6.29 Å². The third-order valence-corrected chi connectivity index (χ3v) is 3.61. The van der Waals surface area contributed by atoms with E-state index in [2.05, 4.69) is 32.0 Å². The lowest BCUT2D eigenvalue weighted by Crippen LogP contribution is -2.20. The topological polar surface area (TPSA) is 18.5 Å². The highest BCUT2D eigenvalue weighted by Gasteiger charge is 2.09. The van der Waals surface area contributed by atoms with Gasteiger partial charge in [0, 0.05) is 23.9 Å². The standard InChI is InChI=1S/C14H22O2S/c1-5-15-14(16-6-2)10-17-13-9-11(3)7-8-12(13)4/h7-9,14H,5-6,10H2,1-4H3. The van der Waals surface area contributed by atoms with Crippen molar-refractivity contribution >= 4 is 11.8 Å². The zero-order valence-corrected chi connectivity index (χ0v) is 12.0. The number of ether oxygens (including phenoxy) is 2. The maximum Gasteiger partial charge on any atom is 0.166 e. The number of rotatable bonds is 7. The molecule has 0 aromatic heterocycles. The van der Waals surface area contributed by atoms with Crippen LogP contribution in [-0.2, 0) is 9.47 Å². The summed E-state index contributed by atoms with van der Waals surface area (Å²) in [5.41, 5.74) is 2.61. The van der Waals surface area contributed by atoms with E-state index in [9.17, 15) is 0 Å². The third kappa shape index (κ3) is 5.11. The first-order valence-electron chi connectivity index (χ1n) is 6.10. The van der Waals surface area contributed by atoms with Gasteiger partial charge in [0.2, 0.25) is 0 Å². The predicted molar refractivity (Wildman–Crippen MR) is 73.7 cm³/mol. The van der Waals surface area contributed by atoms with Crippen molar-refractivity contribution in [3.05, 3.63) is 29.3 Å². The molecule has 1 rings (SSSR count). The Hall–Kier alpha value is -0.510. The molecule has 2 nitrogen and oxygen atoms in total. The summed E-state index contributed by atoms with van der Waals surface area (Å²) in [6.07, 6.45) is -0.102. The molecule has 0 aliphatic heterocycles. The molecule has 1 aromatic carbocycles. The molecule has 0 saturated carbocycles. The Labute approximate surface area is 109 Å². The molecule has 0 fully saturated rings. The molecule has 0 aliphatic rings. The van der Waals surface area contributed by atoms with Gasteiger partial charge in [0.25, 0.3) is 0 Å². The summed E-state index contributed by atoms with van der Waals surface area (Å²) >= 11 is 1.80. The molecule has 0 amide bonds. The van der Waals surface area contributed by atoms with E-state index >= 15 is 0 Å². The molecule has 0 heterocycles. The second-order valence-corrected chi connectivity index (χ2v) is 4.98. The summed E-state index contributed by atoms with van der Waals surface area (Å²) < 4.78 is 11.1. The highest BCUT2D eigenvalue weighted by Crippen LogP contribution is 2.24. The lowest BCUT2D eigenvalue weighted by Gasteiger charge is -2.17. The Kier molecular flexibility index (Phi) is 6.63. The van der Waals surface area contributed by atoms with Crippen molar-refractivity contribution in [2.75, 3.05) is 19.0 Å². The first-order chi connectivity index (χ1) is 8.17. The second kappa shape index (κ2) is 7.75. The molecule has 0 saturated heterocycles. The smallest absolute Gasteiger partial charge is 0.166 e.